The van der Waals surface area contributed by atoms with Gasteiger partial charge in [0.1, 0.15) is 6.04 Å². The van der Waals surface area contributed by atoms with Crippen molar-refractivity contribution in [1.29, 1.82) is 0 Å². The van der Waals surface area contributed by atoms with Crippen LogP contribution >= 0.6 is 0 Å². The number of nitrogens with zero attached hydrogens (tertiary/aromatic N) is 5. The highest BCUT2D eigenvalue weighted by Crippen LogP contribution is 2.30. The molecule has 0 spiro atoms. The smallest absolute Gasteiger partial charge is 0.318 e. The first kappa shape index (κ1) is 17.3. The van der Waals surface area contributed by atoms with Gasteiger partial charge in [-0.15, -0.1) is 0 Å². The van der Waals surface area contributed by atoms with Gasteiger partial charge in [0, 0.05) is 45.0 Å². The lowest BCUT2D eigenvalue weighted by Crippen LogP contribution is -2.52. The molecule has 4 heterocycles. The molecule has 3 unspecified atom stereocenters. The van der Waals surface area contributed by atoms with E-state index in [0.717, 1.165) is 44.6 Å². The summed E-state index contributed by atoms with van der Waals surface area (Å²) in [6, 6.07) is 0.0744. The third-order valence-corrected chi connectivity index (χ3v) is 6.06. The predicted octanol–water partition coefficient (Wildman–Crippen LogP) is 0.794. The van der Waals surface area contributed by atoms with Crippen LogP contribution in [0.15, 0.2) is 12.4 Å². The lowest BCUT2D eigenvalue weighted by Gasteiger charge is -2.30. The predicted molar refractivity (Wildman–Crippen MR) is 97.9 cm³/mol. The molecule has 0 radical (unpaired) electrons. The molecular formula is C18H28N6O2. The van der Waals surface area contributed by atoms with Crippen molar-refractivity contribution < 1.29 is 9.59 Å². The zero-order chi connectivity index (χ0) is 18.3. The van der Waals surface area contributed by atoms with Crippen LogP contribution in [0, 0.1) is 0 Å². The number of rotatable bonds is 3. The number of carbonyl (C=O) groups excluding carboxylic acids is 2. The second-order valence-electron chi connectivity index (χ2n) is 7.63. The van der Waals surface area contributed by atoms with E-state index in [1.54, 1.807) is 15.8 Å². The summed E-state index contributed by atoms with van der Waals surface area (Å²) in [6.45, 7) is 5.82. The Morgan fingerprint density at radius 3 is 2.77 bits per heavy atom. The third-order valence-electron chi connectivity index (χ3n) is 6.06. The molecule has 0 aliphatic carbocycles. The molecular weight excluding hydrogens is 332 g/mol. The Balaban J connectivity index is 1.41. The van der Waals surface area contributed by atoms with Gasteiger partial charge in [0.25, 0.3) is 0 Å². The monoisotopic (exact) mass is 360 g/mol. The fourth-order valence-electron chi connectivity index (χ4n) is 4.61. The van der Waals surface area contributed by atoms with Crippen LogP contribution in [-0.4, -0.2) is 75.8 Å². The third kappa shape index (κ3) is 3.06. The second-order valence-corrected chi connectivity index (χ2v) is 7.63. The number of nitrogens with one attached hydrogen (secondary N) is 1. The van der Waals surface area contributed by atoms with Crippen molar-refractivity contribution in [3.63, 3.8) is 0 Å². The first-order chi connectivity index (χ1) is 12.6. The molecule has 3 saturated heterocycles. The van der Waals surface area contributed by atoms with Crippen LogP contribution in [0.2, 0.25) is 0 Å². The largest absolute Gasteiger partial charge is 0.326 e. The fraction of sp³-hybridized carbons (Fsp3) is 0.722. The number of anilines is 1. The van der Waals surface area contributed by atoms with E-state index in [2.05, 4.69) is 22.2 Å². The summed E-state index contributed by atoms with van der Waals surface area (Å²) < 4.78 is 1.68. The van der Waals surface area contributed by atoms with Crippen LogP contribution in [-0.2, 0) is 11.8 Å². The standard InChI is InChI=1S/C18H28N6O2/c1-3-22-8-6-13-4-5-14(12-22)24(13)18(26)20-16-7-9-23(17(16)25)15-10-19-21(2)11-15/h10-11,13-14,16H,3-9,12H2,1-2H3,(H,20,26). The van der Waals surface area contributed by atoms with Gasteiger partial charge in [-0.25, -0.2) is 4.79 Å². The maximum Gasteiger partial charge on any atom is 0.318 e. The average Bonchev–Trinajstić information content (AvgIpc) is 3.26. The first-order valence-electron chi connectivity index (χ1n) is 9.68. The van der Waals surface area contributed by atoms with Gasteiger partial charge in [-0.2, -0.15) is 5.10 Å². The summed E-state index contributed by atoms with van der Waals surface area (Å²) in [7, 11) is 1.83. The summed E-state index contributed by atoms with van der Waals surface area (Å²) in [5.41, 5.74) is 0.794. The topological polar surface area (TPSA) is 73.7 Å². The number of hydrogen-bond acceptors (Lipinski definition) is 4. The van der Waals surface area contributed by atoms with E-state index < -0.39 is 6.04 Å². The van der Waals surface area contributed by atoms with Crippen molar-refractivity contribution in [1.82, 2.24) is 24.9 Å². The van der Waals surface area contributed by atoms with Gasteiger partial charge < -0.3 is 20.0 Å². The summed E-state index contributed by atoms with van der Waals surface area (Å²) >= 11 is 0. The fourth-order valence-corrected chi connectivity index (χ4v) is 4.61. The first-order valence-corrected chi connectivity index (χ1v) is 9.68. The average molecular weight is 360 g/mol. The normalized spacial score (nSPS) is 29.3. The van der Waals surface area contributed by atoms with Gasteiger partial charge in [-0.05, 0) is 32.2 Å². The molecule has 0 aromatic carbocycles. The molecule has 1 aromatic rings. The number of hydrogen-bond donors (Lipinski definition) is 1. The van der Waals surface area contributed by atoms with Crippen LogP contribution in [0.1, 0.15) is 32.6 Å². The minimum atomic E-state index is -0.437. The van der Waals surface area contributed by atoms with Crippen molar-refractivity contribution >= 4 is 17.6 Å². The zero-order valence-electron chi connectivity index (χ0n) is 15.6. The number of carbonyl (C=O) groups is 2. The highest BCUT2D eigenvalue weighted by atomic mass is 16.2. The van der Waals surface area contributed by atoms with E-state index >= 15 is 0 Å². The van der Waals surface area contributed by atoms with Crippen LogP contribution < -0.4 is 10.2 Å². The Bertz CT molecular complexity index is 689. The molecule has 142 valence electrons. The van der Waals surface area contributed by atoms with E-state index in [-0.39, 0.29) is 18.0 Å². The number of amides is 3. The summed E-state index contributed by atoms with van der Waals surface area (Å²) in [5, 5.41) is 7.15. The second kappa shape index (κ2) is 6.90. The van der Waals surface area contributed by atoms with Gasteiger partial charge in [0.05, 0.1) is 11.9 Å². The van der Waals surface area contributed by atoms with Crippen molar-refractivity contribution in [2.24, 2.45) is 7.05 Å². The Morgan fingerprint density at radius 1 is 1.23 bits per heavy atom. The maximum absolute atomic E-state index is 13.0. The minimum Gasteiger partial charge on any atom is -0.326 e. The van der Waals surface area contributed by atoms with Gasteiger partial charge in [-0.3, -0.25) is 9.48 Å². The Labute approximate surface area is 154 Å². The molecule has 4 rings (SSSR count). The van der Waals surface area contributed by atoms with Crippen molar-refractivity contribution in [2.75, 3.05) is 31.1 Å². The van der Waals surface area contributed by atoms with Gasteiger partial charge in [0.15, 0.2) is 0 Å². The number of fused-ring (bicyclic) bond motifs is 2. The minimum absolute atomic E-state index is 0.0382. The quantitative estimate of drug-likeness (QED) is 0.865. The van der Waals surface area contributed by atoms with E-state index in [1.807, 2.05) is 18.1 Å². The lowest BCUT2D eigenvalue weighted by molar-refractivity contribution is -0.118. The molecule has 0 saturated carbocycles. The lowest BCUT2D eigenvalue weighted by atomic mass is 10.1. The highest BCUT2D eigenvalue weighted by molar-refractivity contribution is 6.01. The molecule has 8 heteroatoms. The Morgan fingerprint density at radius 2 is 2.04 bits per heavy atom. The molecule has 3 fully saturated rings. The van der Waals surface area contributed by atoms with E-state index in [0.29, 0.717) is 19.0 Å². The van der Waals surface area contributed by atoms with Crippen molar-refractivity contribution in [2.45, 2.75) is 50.7 Å². The van der Waals surface area contributed by atoms with Crippen LogP contribution in [0.3, 0.4) is 0 Å². The molecule has 2 bridgehead atoms. The molecule has 1 N–H and O–H groups in total. The molecule has 1 aromatic heterocycles. The SMILES string of the molecule is CCN1CCC2CCC(C1)N2C(=O)NC1CCN(c2cnn(C)c2)C1=O. The van der Waals surface area contributed by atoms with E-state index in [4.69, 9.17) is 0 Å². The zero-order valence-corrected chi connectivity index (χ0v) is 15.6. The molecule has 3 atom stereocenters. The Kier molecular flexibility index (Phi) is 4.60. The molecule has 8 nitrogen and oxygen atoms in total. The number of likely N-dealkylation sites (N-methyl/N-ethyl adjacent to an activating group) is 1. The van der Waals surface area contributed by atoms with Gasteiger partial charge >= 0.3 is 6.03 Å². The van der Waals surface area contributed by atoms with Gasteiger partial charge in [0.2, 0.25) is 5.91 Å². The van der Waals surface area contributed by atoms with Gasteiger partial charge in [-0.1, -0.05) is 6.92 Å². The van der Waals surface area contributed by atoms with Crippen molar-refractivity contribution in [3.05, 3.63) is 12.4 Å². The Hall–Kier alpha value is -2.09. The summed E-state index contributed by atoms with van der Waals surface area (Å²) in [4.78, 5) is 31.9. The van der Waals surface area contributed by atoms with E-state index in [1.165, 1.54) is 0 Å². The summed E-state index contributed by atoms with van der Waals surface area (Å²) in [5.74, 6) is -0.0382. The van der Waals surface area contributed by atoms with Crippen molar-refractivity contribution in [3.8, 4) is 0 Å². The molecule has 3 aliphatic rings. The number of urea groups is 1. The van der Waals surface area contributed by atoms with Crippen LogP contribution in [0.25, 0.3) is 0 Å². The van der Waals surface area contributed by atoms with Crippen LogP contribution in [0.4, 0.5) is 10.5 Å². The van der Waals surface area contributed by atoms with Crippen LogP contribution in [0.5, 0.6) is 0 Å². The molecule has 3 aliphatic heterocycles. The number of aryl methyl sites for hydroxylation is 1. The number of aromatic nitrogens is 2. The molecule has 3 amide bonds. The summed E-state index contributed by atoms with van der Waals surface area (Å²) in [6.07, 6.45) is 7.33. The maximum atomic E-state index is 13.0. The highest BCUT2D eigenvalue weighted by Gasteiger charge is 2.42. The number of likely N-dealkylation sites (tertiary alicyclic amines) is 1. The van der Waals surface area contributed by atoms with E-state index in [9.17, 15) is 9.59 Å². The molecule has 26 heavy (non-hydrogen) atoms.